The first-order chi connectivity index (χ1) is 25.3. The van der Waals surface area contributed by atoms with Crippen LogP contribution in [0.2, 0.25) is 0 Å². The number of allylic oxidation sites excluding steroid dienone is 1. The SMILES string of the molecule is C/C=C1/CN(C)[C@@H]2Cc3c([nH]c4ccccc34)[C@@H](c3cc4[nH]c5c(c4cc3OC)CCN3C[C@@H]4C[C@H](CC)[C@H]3[C@@]5(C(=O)OC)C4)C[C@@H]1C2C(=O)OC. The Balaban J connectivity index is 1.27. The van der Waals surface area contributed by atoms with E-state index in [1.54, 1.807) is 14.2 Å². The molecule has 6 bridgehead atoms. The molecule has 10 rings (SSSR count). The van der Waals surface area contributed by atoms with Crippen molar-refractivity contribution < 1.29 is 23.8 Å². The molecule has 0 amide bonds. The van der Waals surface area contributed by atoms with Crippen LogP contribution in [0.15, 0.2) is 48.0 Å². The number of likely N-dealkylation sites (tertiary alicyclic amines) is 1. The smallest absolute Gasteiger partial charge is 0.319 e. The van der Waals surface area contributed by atoms with Gasteiger partial charge in [0, 0.05) is 76.4 Å². The summed E-state index contributed by atoms with van der Waals surface area (Å²) in [7, 11) is 6.99. The number of esters is 2. The summed E-state index contributed by atoms with van der Waals surface area (Å²) >= 11 is 0. The summed E-state index contributed by atoms with van der Waals surface area (Å²) < 4.78 is 17.6. The van der Waals surface area contributed by atoms with Crippen molar-refractivity contribution in [2.75, 3.05) is 48.0 Å². The predicted octanol–water partition coefficient (Wildman–Crippen LogP) is 6.49. The molecular weight excluding hydrogens is 652 g/mol. The van der Waals surface area contributed by atoms with Crippen LogP contribution in [0.1, 0.15) is 73.5 Å². The lowest BCUT2D eigenvalue weighted by Gasteiger charge is -2.57. The lowest BCUT2D eigenvalue weighted by Crippen LogP contribution is -2.67. The molecule has 9 nitrogen and oxygen atoms in total. The first-order valence-electron chi connectivity index (χ1n) is 19.3. The van der Waals surface area contributed by atoms with Gasteiger partial charge in [-0.05, 0) is 93.2 Å². The highest BCUT2D eigenvalue weighted by molar-refractivity contribution is 5.93. The Morgan fingerprint density at radius 2 is 1.85 bits per heavy atom. The van der Waals surface area contributed by atoms with E-state index in [0.717, 1.165) is 85.2 Å². The maximum Gasteiger partial charge on any atom is 0.319 e. The Bertz CT molecular complexity index is 2110. The highest BCUT2D eigenvalue weighted by atomic mass is 16.5. The maximum absolute atomic E-state index is 14.2. The van der Waals surface area contributed by atoms with Crippen LogP contribution in [-0.4, -0.2) is 91.8 Å². The second-order valence-electron chi connectivity index (χ2n) is 16.3. The Labute approximate surface area is 306 Å². The molecule has 0 spiro atoms. The first-order valence-corrected chi connectivity index (χ1v) is 19.3. The number of nitrogens with one attached hydrogen (secondary N) is 2. The molecule has 4 aliphatic heterocycles. The summed E-state index contributed by atoms with van der Waals surface area (Å²) in [6.07, 6.45) is 7.59. The predicted molar refractivity (Wildman–Crippen MR) is 202 cm³/mol. The Morgan fingerprint density at radius 3 is 2.60 bits per heavy atom. The summed E-state index contributed by atoms with van der Waals surface area (Å²) in [4.78, 5) is 40.8. The number of rotatable bonds is 5. The number of methoxy groups -OCH3 is 3. The summed E-state index contributed by atoms with van der Waals surface area (Å²) in [6.45, 7) is 7.17. The molecular formula is C43H52N4O5. The van der Waals surface area contributed by atoms with Crippen molar-refractivity contribution in [2.24, 2.45) is 23.7 Å². The van der Waals surface area contributed by atoms with Crippen LogP contribution < -0.4 is 4.74 Å². The normalized spacial score (nSPS) is 33.2. The van der Waals surface area contributed by atoms with Gasteiger partial charge in [-0.2, -0.15) is 0 Å². The molecule has 2 aromatic heterocycles. The van der Waals surface area contributed by atoms with E-state index < -0.39 is 5.41 Å². The van der Waals surface area contributed by atoms with Crippen molar-refractivity contribution >= 4 is 33.7 Å². The van der Waals surface area contributed by atoms with Crippen LogP contribution in [0.4, 0.5) is 0 Å². The average Bonchev–Trinajstić information content (AvgIpc) is 3.69. The zero-order valence-corrected chi connectivity index (χ0v) is 31.4. The molecule has 9 heteroatoms. The van der Waals surface area contributed by atoms with E-state index in [-0.39, 0.29) is 41.8 Å². The highest BCUT2D eigenvalue weighted by Gasteiger charge is 2.62. The third kappa shape index (κ3) is 4.67. The number of hydrogen-bond donors (Lipinski definition) is 2. The third-order valence-corrected chi connectivity index (χ3v) is 14.1. The van der Waals surface area contributed by atoms with Crippen LogP contribution in [0.25, 0.3) is 21.8 Å². The summed E-state index contributed by atoms with van der Waals surface area (Å²) in [5.74, 6) is 1.11. The fourth-order valence-electron chi connectivity index (χ4n) is 12.1. The van der Waals surface area contributed by atoms with E-state index >= 15 is 0 Å². The van der Waals surface area contributed by atoms with Gasteiger partial charge >= 0.3 is 11.9 Å². The van der Waals surface area contributed by atoms with E-state index in [2.05, 4.69) is 83.1 Å². The monoisotopic (exact) mass is 704 g/mol. The Morgan fingerprint density at radius 1 is 1.02 bits per heavy atom. The second kappa shape index (κ2) is 12.5. The van der Waals surface area contributed by atoms with E-state index in [4.69, 9.17) is 14.2 Å². The summed E-state index contributed by atoms with van der Waals surface area (Å²) in [6, 6.07) is 13.2. The number of carbonyl (C=O) groups is 2. The minimum Gasteiger partial charge on any atom is -0.496 e. The van der Waals surface area contributed by atoms with Crippen molar-refractivity contribution in [2.45, 2.75) is 75.8 Å². The topological polar surface area (TPSA) is 99.9 Å². The van der Waals surface area contributed by atoms with Gasteiger partial charge in [0.1, 0.15) is 11.2 Å². The number of nitrogens with zero attached hydrogens (tertiary/aromatic N) is 2. The molecule has 1 saturated carbocycles. The van der Waals surface area contributed by atoms with Gasteiger partial charge in [0.2, 0.25) is 0 Å². The van der Waals surface area contributed by atoms with E-state index in [1.807, 2.05) is 0 Å². The van der Waals surface area contributed by atoms with E-state index in [1.165, 1.54) is 41.3 Å². The van der Waals surface area contributed by atoms with Crippen molar-refractivity contribution in [3.63, 3.8) is 0 Å². The average molecular weight is 705 g/mol. The first kappa shape index (κ1) is 33.7. The van der Waals surface area contributed by atoms with Gasteiger partial charge in [-0.1, -0.05) is 43.2 Å². The molecule has 9 atom stereocenters. The number of benzene rings is 2. The molecule has 6 heterocycles. The molecule has 4 fully saturated rings. The Hall–Kier alpha value is -4.08. The van der Waals surface area contributed by atoms with Crippen molar-refractivity contribution in [1.29, 1.82) is 0 Å². The molecule has 52 heavy (non-hydrogen) atoms. The molecule has 2 N–H and O–H groups in total. The zero-order chi connectivity index (χ0) is 36.1. The molecule has 3 saturated heterocycles. The molecule has 0 radical (unpaired) electrons. The number of aromatic amines is 2. The van der Waals surface area contributed by atoms with Gasteiger partial charge in [-0.3, -0.25) is 19.4 Å². The molecule has 2 aromatic carbocycles. The number of fused-ring (bicyclic) bond motifs is 9. The number of ether oxygens (including phenoxy) is 3. The van der Waals surface area contributed by atoms with Gasteiger partial charge in [0.25, 0.3) is 0 Å². The van der Waals surface area contributed by atoms with Crippen LogP contribution in [0.5, 0.6) is 5.75 Å². The Kier molecular flexibility index (Phi) is 8.12. The quantitative estimate of drug-likeness (QED) is 0.181. The minimum absolute atomic E-state index is 0.00122. The van der Waals surface area contributed by atoms with Crippen LogP contribution in [0, 0.1) is 23.7 Å². The zero-order valence-electron chi connectivity index (χ0n) is 31.4. The number of piperidine rings is 3. The number of H-pyrrole nitrogens is 2. The highest BCUT2D eigenvalue weighted by Crippen LogP contribution is 2.56. The number of aromatic nitrogens is 2. The van der Waals surface area contributed by atoms with Crippen molar-refractivity contribution in [1.82, 2.24) is 19.8 Å². The van der Waals surface area contributed by atoms with Gasteiger partial charge in [-0.15, -0.1) is 0 Å². The van der Waals surface area contributed by atoms with Crippen molar-refractivity contribution in [3.8, 4) is 5.75 Å². The maximum atomic E-state index is 14.2. The standard InChI is InChI=1S/C43H52N4O5/c1-7-24-15-23-20-43(42(49)52-6)39-27(13-14-47(21-23)40(24)43)29-19-36(50-4)30(17-34(29)45-39)31-16-28-25(8-2)22-46(3)35(37(28)41(48)51-5)18-32-26-11-9-10-12-33(26)44-38(31)32/h8-12,17,19,23-24,28,31,35,37,40,44-45H,7,13-16,18,20-22H2,1-6H3/b25-8-/t23-,24+,28+,31-,35-,37?,40+,43-/m1/s1. The molecule has 6 aliphatic rings. The minimum atomic E-state index is -0.725. The van der Waals surface area contributed by atoms with Gasteiger partial charge < -0.3 is 24.2 Å². The fraction of sp³-hybridized carbons (Fsp3) is 0.535. The van der Waals surface area contributed by atoms with Gasteiger partial charge in [0.15, 0.2) is 0 Å². The number of likely N-dealkylation sites (N-methyl/N-ethyl adjacent to an activating group) is 1. The third-order valence-electron chi connectivity index (χ3n) is 14.1. The van der Waals surface area contributed by atoms with E-state index in [0.29, 0.717) is 11.8 Å². The van der Waals surface area contributed by atoms with Crippen LogP contribution in [0.3, 0.4) is 0 Å². The summed E-state index contributed by atoms with van der Waals surface area (Å²) in [5.41, 5.74) is 8.48. The lowest BCUT2D eigenvalue weighted by molar-refractivity contribution is -0.162. The van der Waals surface area contributed by atoms with Crippen LogP contribution in [-0.2, 0) is 37.3 Å². The largest absolute Gasteiger partial charge is 0.496 e. The molecule has 274 valence electrons. The second-order valence-corrected chi connectivity index (χ2v) is 16.3. The number of carbonyl (C=O) groups excluding carboxylic acids is 2. The molecule has 4 aromatic rings. The number of para-hydroxylation sites is 1. The fourth-order valence-corrected chi connectivity index (χ4v) is 12.1. The summed E-state index contributed by atoms with van der Waals surface area (Å²) in [5, 5.41) is 2.32. The number of hydrogen-bond acceptors (Lipinski definition) is 7. The van der Waals surface area contributed by atoms with Gasteiger partial charge in [0.05, 0.1) is 27.2 Å². The van der Waals surface area contributed by atoms with Gasteiger partial charge in [-0.25, -0.2) is 0 Å². The molecule has 2 unspecified atom stereocenters. The van der Waals surface area contributed by atoms with E-state index in [9.17, 15) is 9.59 Å². The van der Waals surface area contributed by atoms with Crippen LogP contribution >= 0.6 is 0 Å². The van der Waals surface area contributed by atoms with Crippen molar-refractivity contribution in [3.05, 3.63) is 76.1 Å². The lowest BCUT2D eigenvalue weighted by atomic mass is 9.56. The molecule has 2 aliphatic carbocycles.